The number of ketones is 1. The van der Waals surface area contributed by atoms with Crippen molar-refractivity contribution in [1.82, 2.24) is 0 Å². The van der Waals surface area contributed by atoms with Crippen LogP contribution in [0.4, 0.5) is 4.39 Å². The molecule has 0 bridgehead atoms. The van der Waals surface area contributed by atoms with Gasteiger partial charge in [0, 0.05) is 10.0 Å². The van der Waals surface area contributed by atoms with Gasteiger partial charge in [-0.25, -0.2) is 4.39 Å². The van der Waals surface area contributed by atoms with E-state index in [0.29, 0.717) is 10.8 Å². The highest BCUT2D eigenvalue weighted by atomic mass is 79.9. The lowest BCUT2D eigenvalue weighted by atomic mass is 10.1. The van der Waals surface area contributed by atoms with Crippen LogP contribution in [-0.4, -0.2) is 12.1 Å². The Bertz CT molecular complexity index is 374. The normalized spacial score (nSPS) is 9.77. The van der Waals surface area contributed by atoms with Crippen LogP contribution in [0.3, 0.4) is 0 Å². The first-order valence-corrected chi connectivity index (χ1v) is 4.30. The molecule has 1 rings (SSSR count). The zero-order valence-electron chi connectivity index (χ0n) is 6.80. The van der Waals surface area contributed by atoms with Crippen molar-refractivity contribution in [3.05, 3.63) is 33.5 Å². The molecule has 0 heterocycles. The minimum atomic E-state index is -0.686. The number of aldehydes is 1. The van der Waals surface area contributed by atoms with E-state index in [0.717, 1.165) is 6.07 Å². The van der Waals surface area contributed by atoms with Crippen LogP contribution in [0.2, 0.25) is 0 Å². The van der Waals surface area contributed by atoms with E-state index in [4.69, 9.17) is 0 Å². The summed E-state index contributed by atoms with van der Waals surface area (Å²) in [6.45, 7) is 1.29. The van der Waals surface area contributed by atoms with Crippen molar-refractivity contribution in [3.8, 4) is 0 Å². The monoisotopic (exact) mass is 244 g/mol. The van der Waals surface area contributed by atoms with Crippen molar-refractivity contribution in [2.24, 2.45) is 0 Å². The maximum absolute atomic E-state index is 13.1. The molecule has 0 aliphatic rings. The first kappa shape index (κ1) is 10.1. The Hall–Kier alpha value is -1.03. The number of rotatable bonds is 2. The van der Waals surface area contributed by atoms with E-state index in [-0.39, 0.29) is 16.9 Å². The molecule has 0 saturated heterocycles. The van der Waals surface area contributed by atoms with Gasteiger partial charge in [-0.1, -0.05) is 15.9 Å². The second-order valence-electron chi connectivity index (χ2n) is 2.52. The molecule has 0 fully saturated rings. The van der Waals surface area contributed by atoms with E-state index in [1.165, 1.54) is 13.0 Å². The highest BCUT2D eigenvalue weighted by molar-refractivity contribution is 9.10. The molecule has 0 saturated carbocycles. The molecule has 13 heavy (non-hydrogen) atoms. The maximum Gasteiger partial charge on any atom is 0.160 e. The second kappa shape index (κ2) is 3.79. The molecule has 0 aliphatic carbocycles. The number of hydrogen-bond acceptors (Lipinski definition) is 2. The summed E-state index contributed by atoms with van der Waals surface area (Å²) in [6.07, 6.45) is 0.346. The summed E-state index contributed by atoms with van der Waals surface area (Å²) in [5.41, 5.74) is -0.0856. The van der Waals surface area contributed by atoms with Gasteiger partial charge in [0.25, 0.3) is 0 Å². The summed E-state index contributed by atoms with van der Waals surface area (Å²) in [5.74, 6) is -1.02. The summed E-state index contributed by atoms with van der Waals surface area (Å²) in [4.78, 5) is 21.4. The quantitative estimate of drug-likeness (QED) is 0.592. The fourth-order valence-corrected chi connectivity index (χ4v) is 1.43. The lowest BCUT2D eigenvalue weighted by Gasteiger charge is -2.02. The Morgan fingerprint density at radius 2 is 2.15 bits per heavy atom. The van der Waals surface area contributed by atoms with Crippen molar-refractivity contribution in [2.75, 3.05) is 0 Å². The minimum Gasteiger partial charge on any atom is -0.298 e. The fourth-order valence-electron chi connectivity index (χ4n) is 0.996. The standard InChI is InChI=1S/C9H6BrFO2/c1-5(13)7-2-6(10)3-9(11)8(7)4-12/h2-4H,1H3. The van der Waals surface area contributed by atoms with Crippen molar-refractivity contribution in [1.29, 1.82) is 0 Å². The number of Topliss-reactive ketones (excluding diaryl/α,β-unsaturated/α-hetero) is 1. The predicted molar refractivity (Wildman–Crippen MR) is 49.5 cm³/mol. The van der Waals surface area contributed by atoms with Gasteiger partial charge in [-0.2, -0.15) is 0 Å². The molecule has 0 aromatic heterocycles. The zero-order chi connectivity index (χ0) is 10.0. The SMILES string of the molecule is CC(=O)c1cc(Br)cc(F)c1C=O. The van der Waals surface area contributed by atoms with Crippen molar-refractivity contribution < 1.29 is 14.0 Å². The van der Waals surface area contributed by atoms with Crippen LogP contribution in [-0.2, 0) is 0 Å². The van der Waals surface area contributed by atoms with E-state index in [2.05, 4.69) is 15.9 Å². The van der Waals surface area contributed by atoms with Crippen molar-refractivity contribution in [3.63, 3.8) is 0 Å². The molecule has 68 valence electrons. The van der Waals surface area contributed by atoms with Gasteiger partial charge in [0.05, 0.1) is 5.56 Å². The molecule has 0 amide bonds. The van der Waals surface area contributed by atoms with Gasteiger partial charge in [-0.15, -0.1) is 0 Å². The topological polar surface area (TPSA) is 34.1 Å². The van der Waals surface area contributed by atoms with E-state index in [1.807, 2.05) is 0 Å². The van der Waals surface area contributed by atoms with E-state index in [1.54, 1.807) is 0 Å². The Balaban J connectivity index is 3.46. The second-order valence-corrected chi connectivity index (χ2v) is 3.44. The van der Waals surface area contributed by atoms with Gasteiger partial charge >= 0.3 is 0 Å². The summed E-state index contributed by atoms with van der Waals surface area (Å²) >= 11 is 3.04. The number of hydrogen-bond donors (Lipinski definition) is 0. The Kier molecular flexibility index (Phi) is 2.93. The molecule has 0 atom stereocenters. The van der Waals surface area contributed by atoms with Gasteiger partial charge in [0.2, 0.25) is 0 Å². The van der Waals surface area contributed by atoms with Crippen LogP contribution >= 0.6 is 15.9 Å². The third-order valence-electron chi connectivity index (χ3n) is 1.59. The molecular weight excluding hydrogens is 239 g/mol. The lowest BCUT2D eigenvalue weighted by Crippen LogP contribution is -2.01. The Morgan fingerprint density at radius 1 is 1.54 bits per heavy atom. The lowest BCUT2D eigenvalue weighted by molar-refractivity contribution is 0.100. The van der Waals surface area contributed by atoms with Crippen LogP contribution in [0.15, 0.2) is 16.6 Å². The van der Waals surface area contributed by atoms with Crippen molar-refractivity contribution in [2.45, 2.75) is 6.92 Å². The van der Waals surface area contributed by atoms with Gasteiger partial charge in [0.1, 0.15) is 5.82 Å². The molecule has 0 radical (unpaired) electrons. The smallest absolute Gasteiger partial charge is 0.160 e. The number of carbonyl (C=O) groups is 2. The number of halogens is 2. The van der Waals surface area contributed by atoms with E-state index >= 15 is 0 Å². The Labute approximate surface area is 82.9 Å². The van der Waals surface area contributed by atoms with E-state index < -0.39 is 5.82 Å². The fraction of sp³-hybridized carbons (Fsp3) is 0.111. The minimum absolute atomic E-state index is 0.0990. The highest BCUT2D eigenvalue weighted by Crippen LogP contribution is 2.19. The molecule has 2 nitrogen and oxygen atoms in total. The molecule has 1 aromatic carbocycles. The molecule has 0 aliphatic heterocycles. The van der Waals surface area contributed by atoms with Gasteiger partial charge in [-0.05, 0) is 19.1 Å². The average molecular weight is 245 g/mol. The van der Waals surface area contributed by atoms with Gasteiger partial charge < -0.3 is 0 Å². The summed E-state index contributed by atoms with van der Waals surface area (Å²) < 4.78 is 13.5. The first-order valence-electron chi connectivity index (χ1n) is 3.51. The third-order valence-corrected chi connectivity index (χ3v) is 2.05. The molecule has 0 unspecified atom stereocenters. The number of benzene rings is 1. The number of carbonyl (C=O) groups excluding carboxylic acids is 2. The van der Waals surface area contributed by atoms with Crippen molar-refractivity contribution >= 4 is 28.0 Å². The van der Waals surface area contributed by atoms with Gasteiger partial charge in [0.15, 0.2) is 12.1 Å². The van der Waals surface area contributed by atoms with Crippen LogP contribution < -0.4 is 0 Å². The molecule has 0 spiro atoms. The summed E-state index contributed by atoms with van der Waals surface area (Å²) in [7, 11) is 0. The van der Waals surface area contributed by atoms with Crippen LogP contribution in [0.25, 0.3) is 0 Å². The summed E-state index contributed by atoms with van der Waals surface area (Å²) in [5, 5.41) is 0. The highest BCUT2D eigenvalue weighted by Gasteiger charge is 2.12. The molecule has 4 heteroatoms. The maximum atomic E-state index is 13.1. The van der Waals surface area contributed by atoms with Gasteiger partial charge in [-0.3, -0.25) is 9.59 Å². The average Bonchev–Trinajstić information content (AvgIpc) is 2.02. The van der Waals surface area contributed by atoms with Crippen LogP contribution in [0.5, 0.6) is 0 Å². The van der Waals surface area contributed by atoms with Crippen LogP contribution in [0.1, 0.15) is 27.6 Å². The van der Waals surface area contributed by atoms with E-state index in [9.17, 15) is 14.0 Å². The zero-order valence-corrected chi connectivity index (χ0v) is 8.39. The molecular formula is C9H6BrFO2. The first-order chi connectivity index (χ1) is 6.06. The molecule has 1 aromatic rings. The largest absolute Gasteiger partial charge is 0.298 e. The Morgan fingerprint density at radius 3 is 2.62 bits per heavy atom. The predicted octanol–water partition coefficient (Wildman–Crippen LogP) is 2.60. The third kappa shape index (κ3) is 2.01. The molecule has 0 N–H and O–H groups in total. The summed E-state index contributed by atoms with van der Waals surface area (Å²) in [6, 6.07) is 2.57. The van der Waals surface area contributed by atoms with Crippen LogP contribution in [0, 0.1) is 5.82 Å².